The van der Waals surface area contributed by atoms with E-state index in [0.29, 0.717) is 5.92 Å². The summed E-state index contributed by atoms with van der Waals surface area (Å²) in [6.07, 6.45) is 0. The first-order valence-electron chi connectivity index (χ1n) is 5.09. The Labute approximate surface area is 103 Å². The number of rotatable bonds is 2. The van der Waals surface area contributed by atoms with E-state index in [4.69, 9.17) is 0 Å². The van der Waals surface area contributed by atoms with Crippen LogP contribution in [0.4, 0.5) is 10.5 Å². The number of benzene rings is 1. The van der Waals surface area contributed by atoms with Crippen LogP contribution in [-0.4, -0.2) is 25.0 Å². The second kappa shape index (κ2) is 6.38. The number of carbonyl (C=O) groups is 1. The molecular formula is C12H19ClN2O. The molecule has 16 heavy (non-hydrogen) atoms. The lowest BCUT2D eigenvalue weighted by atomic mass is 10.0. The minimum atomic E-state index is -0.104. The lowest BCUT2D eigenvalue weighted by Gasteiger charge is -2.12. The van der Waals surface area contributed by atoms with Crippen LogP contribution in [0.3, 0.4) is 0 Å². The van der Waals surface area contributed by atoms with Gasteiger partial charge in [-0.1, -0.05) is 26.0 Å². The average molecular weight is 243 g/mol. The van der Waals surface area contributed by atoms with Crippen molar-refractivity contribution >= 4 is 24.1 Å². The lowest BCUT2D eigenvalue weighted by molar-refractivity contribution is 0.230. The second-order valence-electron chi connectivity index (χ2n) is 4.10. The smallest absolute Gasteiger partial charge is 0.321 e. The Kier molecular flexibility index (Phi) is 5.89. The van der Waals surface area contributed by atoms with Crippen molar-refractivity contribution in [3.63, 3.8) is 0 Å². The third-order valence-corrected chi connectivity index (χ3v) is 2.23. The maximum absolute atomic E-state index is 11.3. The Morgan fingerprint density at radius 1 is 1.19 bits per heavy atom. The third kappa shape index (κ3) is 4.11. The number of urea groups is 1. The van der Waals surface area contributed by atoms with Gasteiger partial charge in [0.25, 0.3) is 0 Å². The van der Waals surface area contributed by atoms with E-state index in [1.807, 2.05) is 24.3 Å². The van der Waals surface area contributed by atoms with Crippen molar-refractivity contribution in [2.75, 3.05) is 19.4 Å². The van der Waals surface area contributed by atoms with Crippen molar-refractivity contribution in [2.45, 2.75) is 19.8 Å². The molecule has 4 heteroatoms. The van der Waals surface area contributed by atoms with Crippen LogP contribution in [0.2, 0.25) is 0 Å². The number of nitrogens with zero attached hydrogens (tertiary/aromatic N) is 1. The van der Waals surface area contributed by atoms with Crippen LogP contribution in [0.5, 0.6) is 0 Å². The number of hydrogen-bond acceptors (Lipinski definition) is 1. The first kappa shape index (κ1) is 14.8. The van der Waals surface area contributed by atoms with Crippen LogP contribution in [-0.2, 0) is 0 Å². The standard InChI is InChI=1S/C12H18N2O.ClH/c1-9(2)10-5-7-11(8-6-10)13-12(15)14(3)4;/h5-9H,1-4H3,(H,13,15);1H. The van der Waals surface area contributed by atoms with Gasteiger partial charge in [0, 0.05) is 19.8 Å². The molecule has 0 fully saturated rings. The van der Waals surface area contributed by atoms with Gasteiger partial charge in [0.05, 0.1) is 0 Å². The lowest BCUT2D eigenvalue weighted by Crippen LogP contribution is -2.27. The van der Waals surface area contributed by atoms with E-state index >= 15 is 0 Å². The molecule has 0 radical (unpaired) electrons. The fraction of sp³-hybridized carbons (Fsp3) is 0.417. The number of halogens is 1. The fourth-order valence-electron chi connectivity index (χ4n) is 1.19. The first-order valence-corrected chi connectivity index (χ1v) is 5.09. The Balaban J connectivity index is 0.00000225. The molecule has 0 aliphatic carbocycles. The molecule has 1 rings (SSSR count). The fourth-order valence-corrected chi connectivity index (χ4v) is 1.19. The van der Waals surface area contributed by atoms with E-state index in [1.54, 1.807) is 14.1 Å². The molecule has 0 saturated carbocycles. The van der Waals surface area contributed by atoms with Gasteiger partial charge in [0.1, 0.15) is 0 Å². The summed E-state index contributed by atoms with van der Waals surface area (Å²) in [5, 5.41) is 2.79. The minimum Gasteiger partial charge on any atom is -0.331 e. The second-order valence-corrected chi connectivity index (χ2v) is 4.10. The SMILES string of the molecule is CC(C)c1ccc(NC(=O)N(C)C)cc1.Cl. The molecule has 1 aromatic rings. The molecule has 0 aliphatic rings. The van der Waals surface area contributed by atoms with Gasteiger partial charge in [0.15, 0.2) is 0 Å². The Morgan fingerprint density at radius 3 is 2.06 bits per heavy atom. The first-order chi connectivity index (χ1) is 7.00. The van der Waals surface area contributed by atoms with Gasteiger partial charge in [-0.25, -0.2) is 4.79 Å². The average Bonchev–Trinajstić information content (AvgIpc) is 2.18. The van der Waals surface area contributed by atoms with Crippen LogP contribution in [0, 0.1) is 0 Å². The minimum absolute atomic E-state index is 0. The summed E-state index contributed by atoms with van der Waals surface area (Å²) in [7, 11) is 3.44. The van der Waals surface area contributed by atoms with Crippen LogP contribution in [0.1, 0.15) is 25.3 Å². The topological polar surface area (TPSA) is 32.3 Å². The Bertz CT molecular complexity index is 333. The molecular weight excluding hydrogens is 224 g/mol. The van der Waals surface area contributed by atoms with E-state index in [2.05, 4.69) is 19.2 Å². The summed E-state index contributed by atoms with van der Waals surface area (Å²) >= 11 is 0. The van der Waals surface area contributed by atoms with Crippen molar-refractivity contribution in [1.82, 2.24) is 4.90 Å². The van der Waals surface area contributed by atoms with Crippen molar-refractivity contribution < 1.29 is 4.79 Å². The van der Waals surface area contributed by atoms with Gasteiger partial charge in [-0.3, -0.25) is 0 Å². The largest absolute Gasteiger partial charge is 0.331 e. The van der Waals surface area contributed by atoms with Crippen molar-refractivity contribution in [3.05, 3.63) is 29.8 Å². The number of anilines is 1. The predicted octanol–water partition coefficient (Wildman–Crippen LogP) is 3.33. The Morgan fingerprint density at radius 2 is 1.69 bits per heavy atom. The zero-order valence-electron chi connectivity index (χ0n) is 10.2. The summed E-state index contributed by atoms with van der Waals surface area (Å²) in [5.74, 6) is 0.517. The van der Waals surface area contributed by atoms with E-state index < -0.39 is 0 Å². The van der Waals surface area contributed by atoms with Gasteiger partial charge in [0.2, 0.25) is 0 Å². The van der Waals surface area contributed by atoms with Gasteiger partial charge >= 0.3 is 6.03 Å². The molecule has 0 aliphatic heterocycles. The number of nitrogens with one attached hydrogen (secondary N) is 1. The summed E-state index contributed by atoms with van der Waals surface area (Å²) in [5.41, 5.74) is 2.11. The zero-order chi connectivity index (χ0) is 11.4. The maximum atomic E-state index is 11.3. The summed E-state index contributed by atoms with van der Waals surface area (Å²) in [4.78, 5) is 12.9. The van der Waals surface area contributed by atoms with Gasteiger partial charge < -0.3 is 10.2 Å². The summed E-state index contributed by atoms with van der Waals surface area (Å²) in [6.45, 7) is 4.29. The third-order valence-electron chi connectivity index (χ3n) is 2.23. The van der Waals surface area contributed by atoms with E-state index in [0.717, 1.165) is 5.69 Å². The molecule has 1 N–H and O–H groups in total. The maximum Gasteiger partial charge on any atom is 0.321 e. The predicted molar refractivity (Wildman–Crippen MR) is 70.5 cm³/mol. The highest BCUT2D eigenvalue weighted by Crippen LogP contribution is 2.17. The highest BCUT2D eigenvalue weighted by atomic mass is 35.5. The van der Waals surface area contributed by atoms with Crippen molar-refractivity contribution in [3.8, 4) is 0 Å². The van der Waals surface area contributed by atoms with Gasteiger partial charge in [-0.05, 0) is 23.6 Å². The molecule has 0 spiro atoms. The summed E-state index contributed by atoms with van der Waals surface area (Å²) in [6, 6.07) is 7.83. The number of carbonyl (C=O) groups excluding carboxylic acids is 1. The van der Waals surface area contributed by atoms with Crippen molar-refractivity contribution in [2.24, 2.45) is 0 Å². The van der Waals surface area contributed by atoms with Crippen LogP contribution in [0.25, 0.3) is 0 Å². The van der Waals surface area contributed by atoms with E-state index in [1.165, 1.54) is 10.5 Å². The molecule has 90 valence electrons. The quantitative estimate of drug-likeness (QED) is 0.848. The Hall–Kier alpha value is -1.22. The van der Waals surface area contributed by atoms with Crippen molar-refractivity contribution in [1.29, 1.82) is 0 Å². The highest BCUT2D eigenvalue weighted by Gasteiger charge is 2.04. The summed E-state index contributed by atoms with van der Waals surface area (Å²) < 4.78 is 0. The van der Waals surface area contributed by atoms with Gasteiger partial charge in [-0.2, -0.15) is 0 Å². The van der Waals surface area contributed by atoms with E-state index in [-0.39, 0.29) is 18.4 Å². The van der Waals surface area contributed by atoms with Crippen LogP contribution in [0.15, 0.2) is 24.3 Å². The van der Waals surface area contributed by atoms with E-state index in [9.17, 15) is 4.79 Å². The normalized spacial score (nSPS) is 9.56. The molecule has 0 atom stereocenters. The molecule has 0 saturated heterocycles. The number of amides is 2. The zero-order valence-corrected chi connectivity index (χ0v) is 11.0. The molecule has 2 amide bonds. The molecule has 3 nitrogen and oxygen atoms in total. The van der Waals surface area contributed by atoms with Gasteiger partial charge in [-0.15, -0.1) is 12.4 Å². The van der Waals surface area contributed by atoms with Crippen LogP contribution < -0.4 is 5.32 Å². The highest BCUT2D eigenvalue weighted by molar-refractivity contribution is 5.88. The molecule has 1 aromatic carbocycles. The molecule has 0 unspecified atom stereocenters. The molecule has 0 bridgehead atoms. The number of hydrogen-bond donors (Lipinski definition) is 1. The molecule has 0 heterocycles. The van der Waals surface area contributed by atoms with Crippen LogP contribution >= 0.6 is 12.4 Å². The monoisotopic (exact) mass is 242 g/mol. The molecule has 0 aromatic heterocycles.